The number of rotatable bonds is 4. The second kappa shape index (κ2) is 4.82. The molecule has 0 spiro atoms. The third kappa shape index (κ3) is 3.53. The summed E-state index contributed by atoms with van der Waals surface area (Å²) in [5.41, 5.74) is 0.343. The molecule has 1 aliphatic rings. The molecular formula is C9H18ClNO2. The van der Waals surface area contributed by atoms with Crippen LogP contribution >= 0.6 is 12.4 Å². The Bertz CT molecular complexity index is 178. The zero-order chi connectivity index (χ0) is 9.19. The summed E-state index contributed by atoms with van der Waals surface area (Å²) in [4.78, 5) is 12.7. The van der Waals surface area contributed by atoms with Crippen LogP contribution in [0, 0.1) is 0 Å². The molecule has 1 aliphatic carbocycles. The van der Waals surface area contributed by atoms with Gasteiger partial charge >= 0.3 is 5.97 Å². The maximum atomic E-state index is 10.5. The fourth-order valence-corrected chi connectivity index (χ4v) is 1.45. The van der Waals surface area contributed by atoms with E-state index in [4.69, 9.17) is 4.74 Å². The minimum atomic E-state index is -0.176. The molecule has 0 aromatic carbocycles. The molecule has 0 N–H and O–H groups in total. The van der Waals surface area contributed by atoms with Crippen molar-refractivity contribution in [2.45, 2.75) is 31.7 Å². The van der Waals surface area contributed by atoms with Gasteiger partial charge in [-0.2, -0.15) is 0 Å². The summed E-state index contributed by atoms with van der Waals surface area (Å²) in [7, 11) is 4.17. The second-order valence-corrected chi connectivity index (χ2v) is 3.71. The number of hydrogen-bond donors (Lipinski definition) is 0. The van der Waals surface area contributed by atoms with Gasteiger partial charge in [-0.1, -0.05) is 0 Å². The van der Waals surface area contributed by atoms with Gasteiger partial charge < -0.3 is 9.64 Å². The van der Waals surface area contributed by atoms with Crippen molar-refractivity contribution >= 4 is 18.4 Å². The van der Waals surface area contributed by atoms with Crippen LogP contribution in [-0.4, -0.2) is 37.1 Å². The lowest BCUT2D eigenvalue weighted by Crippen LogP contribution is -2.31. The van der Waals surface area contributed by atoms with Crippen molar-refractivity contribution in [3.8, 4) is 0 Å². The maximum absolute atomic E-state index is 10.5. The molecule has 1 fully saturated rings. The van der Waals surface area contributed by atoms with Crippen LogP contribution in [0.5, 0.6) is 0 Å². The van der Waals surface area contributed by atoms with Crippen LogP contribution in [0.2, 0.25) is 0 Å². The second-order valence-electron chi connectivity index (χ2n) is 3.71. The summed E-state index contributed by atoms with van der Waals surface area (Å²) in [5.74, 6) is -0.176. The average molecular weight is 208 g/mol. The lowest BCUT2D eigenvalue weighted by molar-refractivity contribution is -0.141. The molecule has 4 heteroatoms. The number of carbonyl (C=O) groups is 1. The predicted molar refractivity (Wildman–Crippen MR) is 54.2 cm³/mol. The molecule has 0 atom stereocenters. The van der Waals surface area contributed by atoms with Crippen LogP contribution in [0.3, 0.4) is 0 Å². The van der Waals surface area contributed by atoms with Gasteiger partial charge in [-0.25, -0.2) is 0 Å². The van der Waals surface area contributed by atoms with E-state index in [2.05, 4.69) is 19.0 Å². The number of halogens is 1. The zero-order valence-electron chi connectivity index (χ0n) is 8.50. The number of hydrogen-bond acceptors (Lipinski definition) is 3. The molecule has 0 amide bonds. The number of esters is 1. The Morgan fingerprint density at radius 1 is 1.46 bits per heavy atom. The summed E-state index contributed by atoms with van der Waals surface area (Å²) in [6.07, 6.45) is 3.45. The lowest BCUT2D eigenvalue weighted by atomic mass is 10.2. The van der Waals surface area contributed by atoms with E-state index >= 15 is 0 Å². The van der Waals surface area contributed by atoms with Gasteiger partial charge in [0.05, 0.1) is 6.61 Å². The molecule has 0 unspecified atom stereocenters. The summed E-state index contributed by atoms with van der Waals surface area (Å²) in [6, 6.07) is 0. The first-order chi connectivity index (χ1) is 5.57. The third-order valence-electron chi connectivity index (χ3n) is 2.65. The Morgan fingerprint density at radius 3 is 2.31 bits per heavy atom. The molecule has 1 rings (SSSR count). The van der Waals surface area contributed by atoms with Crippen molar-refractivity contribution < 1.29 is 9.53 Å². The van der Waals surface area contributed by atoms with Crippen molar-refractivity contribution in [1.82, 2.24) is 4.90 Å². The van der Waals surface area contributed by atoms with Crippen molar-refractivity contribution in [3.63, 3.8) is 0 Å². The third-order valence-corrected chi connectivity index (χ3v) is 2.65. The van der Waals surface area contributed by atoms with E-state index in [-0.39, 0.29) is 18.4 Å². The molecule has 0 aromatic rings. The normalized spacial score (nSPS) is 17.8. The summed E-state index contributed by atoms with van der Waals surface area (Å²) in [5, 5.41) is 0. The maximum Gasteiger partial charge on any atom is 0.302 e. The minimum Gasteiger partial charge on any atom is -0.466 e. The number of ether oxygens (including phenoxy) is 1. The Balaban J connectivity index is 0.00000144. The monoisotopic (exact) mass is 207 g/mol. The molecule has 0 aliphatic heterocycles. The van der Waals surface area contributed by atoms with E-state index in [1.165, 1.54) is 19.8 Å². The van der Waals surface area contributed by atoms with Gasteiger partial charge in [0, 0.05) is 12.5 Å². The first kappa shape index (κ1) is 12.7. The standard InChI is InChI=1S/C9H17NO2.ClH/c1-8(11)12-7-6-9(4-5-9)10(2)3;/h4-7H2,1-3H3;1H. The van der Waals surface area contributed by atoms with Crippen LogP contribution < -0.4 is 0 Å². The van der Waals surface area contributed by atoms with E-state index < -0.39 is 0 Å². The molecule has 0 radical (unpaired) electrons. The fraction of sp³-hybridized carbons (Fsp3) is 0.889. The molecule has 0 heterocycles. The van der Waals surface area contributed by atoms with Crippen molar-refractivity contribution in [3.05, 3.63) is 0 Å². The molecule has 13 heavy (non-hydrogen) atoms. The summed E-state index contributed by atoms with van der Waals surface area (Å²) >= 11 is 0. The van der Waals surface area contributed by atoms with Crippen LogP contribution in [-0.2, 0) is 9.53 Å². The molecule has 0 saturated heterocycles. The topological polar surface area (TPSA) is 29.5 Å². The minimum absolute atomic E-state index is 0. The molecular weight excluding hydrogens is 190 g/mol. The van der Waals surface area contributed by atoms with E-state index in [0.717, 1.165) is 6.42 Å². The highest BCUT2D eigenvalue weighted by atomic mass is 35.5. The fourth-order valence-electron chi connectivity index (χ4n) is 1.45. The van der Waals surface area contributed by atoms with Crippen LogP contribution in [0.15, 0.2) is 0 Å². The Labute approximate surface area is 85.8 Å². The Hall–Kier alpha value is -0.280. The van der Waals surface area contributed by atoms with Crippen LogP contribution in [0.25, 0.3) is 0 Å². The smallest absolute Gasteiger partial charge is 0.302 e. The highest BCUT2D eigenvalue weighted by Gasteiger charge is 2.44. The SMILES string of the molecule is CC(=O)OCCC1(N(C)C)CC1.Cl. The highest BCUT2D eigenvalue weighted by Crippen LogP contribution is 2.42. The van der Waals surface area contributed by atoms with E-state index in [0.29, 0.717) is 12.1 Å². The highest BCUT2D eigenvalue weighted by molar-refractivity contribution is 5.85. The van der Waals surface area contributed by atoms with E-state index in [9.17, 15) is 4.79 Å². The summed E-state index contributed by atoms with van der Waals surface area (Å²) in [6.45, 7) is 2.02. The molecule has 0 bridgehead atoms. The van der Waals surface area contributed by atoms with Crippen molar-refractivity contribution in [2.24, 2.45) is 0 Å². The van der Waals surface area contributed by atoms with E-state index in [1.807, 2.05) is 0 Å². The van der Waals surface area contributed by atoms with Crippen molar-refractivity contribution in [1.29, 1.82) is 0 Å². The van der Waals surface area contributed by atoms with Gasteiger partial charge in [-0.15, -0.1) is 12.4 Å². The summed E-state index contributed by atoms with van der Waals surface area (Å²) < 4.78 is 4.90. The quantitative estimate of drug-likeness (QED) is 0.654. The average Bonchev–Trinajstić information content (AvgIpc) is 2.68. The van der Waals surface area contributed by atoms with Gasteiger partial charge in [-0.05, 0) is 33.4 Å². The van der Waals surface area contributed by atoms with Gasteiger partial charge in [-0.3, -0.25) is 4.79 Å². The Kier molecular flexibility index (Phi) is 4.71. The van der Waals surface area contributed by atoms with E-state index in [1.54, 1.807) is 0 Å². The van der Waals surface area contributed by atoms with Gasteiger partial charge in [0.1, 0.15) is 0 Å². The van der Waals surface area contributed by atoms with Crippen molar-refractivity contribution in [2.75, 3.05) is 20.7 Å². The molecule has 1 saturated carbocycles. The number of carbonyl (C=O) groups excluding carboxylic acids is 1. The largest absolute Gasteiger partial charge is 0.466 e. The molecule has 0 aromatic heterocycles. The zero-order valence-corrected chi connectivity index (χ0v) is 9.32. The lowest BCUT2D eigenvalue weighted by Gasteiger charge is -2.23. The Morgan fingerprint density at radius 2 is 2.00 bits per heavy atom. The van der Waals surface area contributed by atoms with Gasteiger partial charge in [0.25, 0.3) is 0 Å². The molecule has 78 valence electrons. The first-order valence-electron chi connectivity index (χ1n) is 4.38. The molecule has 3 nitrogen and oxygen atoms in total. The van der Waals surface area contributed by atoms with Crippen LogP contribution in [0.4, 0.5) is 0 Å². The van der Waals surface area contributed by atoms with Crippen LogP contribution in [0.1, 0.15) is 26.2 Å². The van der Waals surface area contributed by atoms with Gasteiger partial charge in [0.2, 0.25) is 0 Å². The predicted octanol–water partition coefficient (Wildman–Crippen LogP) is 1.46. The first-order valence-corrected chi connectivity index (χ1v) is 4.38. The van der Waals surface area contributed by atoms with Gasteiger partial charge in [0.15, 0.2) is 0 Å². The number of nitrogens with zero attached hydrogens (tertiary/aromatic N) is 1.